The number of aromatic nitrogens is 2. The van der Waals surface area contributed by atoms with Crippen LogP contribution in [0.15, 0.2) is 64.0 Å². The number of amides is 2. The van der Waals surface area contributed by atoms with E-state index in [-0.39, 0.29) is 49.2 Å². The highest BCUT2D eigenvalue weighted by Gasteiger charge is 2.34. The zero-order chi connectivity index (χ0) is 21.1. The van der Waals surface area contributed by atoms with Crippen molar-refractivity contribution in [1.82, 2.24) is 15.1 Å². The number of hydrogen-bond acceptors (Lipinski definition) is 5. The summed E-state index contributed by atoms with van der Waals surface area (Å²) in [4.78, 5) is 38.2. The molecule has 154 valence electrons. The molecule has 1 atom stereocenters. The highest BCUT2D eigenvalue weighted by molar-refractivity contribution is 6.00. The minimum Gasteiger partial charge on any atom is -0.463 e. The zero-order valence-electron chi connectivity index (χ0n) is 16.0. The van der Waals surface area contributed by atoms with Crippen molar-refractivity contribution in [2.24, 2.45) is 5.92 Å². The first kappa shape index (κ1) is 19.6. The monoisotopic (exact) mass is 410 g/mol. The second-order valence-electron chi connectivity index (χ2n) is 6.93. The normalized spacial score (nSPS) is 16.1. The predicted octanol–water partition coefficient (Wildman–Crippen LogP) is 1.81. The maximum absolute atomic E-state index is 13.1. The van der Waals surface area contributed by atoms with Gasteiger partial charge in [-0.25, -0.2) is 9.07 Å². The maximum Gasteiger partial charge on any atom is 0.266 e. The fourth-order valence-corrected chi connectivity index (χ4v) is 3.35. The third-order valence-corrected chi connectivity index (χ3v) is 4.90. The number of hydrogen-bond donors (Lipinski definition) is 1. The Labute approximate surface area is 170 Å². The number of anilines is 1. The zero-order valence-corrected chi connectivity index (χ0v) is 16.0. The smallest absolute Gasteiger partial charge is 0.266 e. The Morgan fingerprint density at radius 3 is 2.70 bits per heavy atom. The van der Waals surface area contributed by atoms with E-state index in [0.717, 1.165) is 0 Å². The van der Waals surface area contributed by atoms with Gasteiger partial charge in [0.1, 0.15) is 11.5 Å². The van der Waals surface area contributed by atoms with Gasteiger partial charge in [0.05, 0.1) is 18.7 Å². The third kappa shape index (κ3) is 4.14. The third-order valence-electron chi connectivity index (χ3n) is 4.90. The average Bonchev–Trinajstić information content (AvgIpc) is 3.40. The standard InChI is InChI=1S/C21H19FN4O4/c22-15-3-5-16(6-4-15)25-13-14(12-20(25)28)21(29)23-9-10-26-19(27)8-7-17(24-26)18-2-1-11-30-18/h1-8,11,14H,9-10,12-13H2,(H,23,29). The van der Waals surface area contributed by atoms with E-state index < -0.39 is 5.92 Å². The lowest BCUT2D eigenvalue weighted by Crippen LogP contribution is -2.36. The van der Waals surface area contributed by atoms with Crippen LogP contribution < -0.4 is 15.8 Å². The summed E-state index contributed by atoms with van der Waals surface area (Å²) < 4.78 is 19.6. The van der Waals surface area contributed by atoms with Gasteiger partial charge in [0, 0.05) is 31.3 Å². The molecule has 2 aromatic heterocycles. The van der Waals surface area contributed by atoms with Gasteiger partial charge in [-0.2, -0.15) is 5.10 Å². The number of nitrogens with one attached hydrogen (secondary N) is 1. The van der Waals surface area contributed by atoms with Gasteiger partial charge in [-0.15, -0.1) is 0 Å². The van der Waals surface area contributed by atoms with Gasteiger partial charge in [0.25, 0.3) is 5.56 Å². The van der Waals surface area contributed by atoms with Crippen molar-refractivity contribution < 1.29 is 18.4 Å². The number of halogens is 1. The quantitative estimate of drug-likeness (QED) is 0.669. The number of benzene rings is 1. The summed E-state index contributed by atoms with van der Waals surface area (Å²) in [6, 6.07) is 12.0. The van der Waals surface area contributed by atoms with Crippen LogP contribution in [0.2, 0.25) is 0 Å². The largest absolute Gasteiger partial charge is 0.463 e. The Hall–Kier alpha value is -3.75. The van der Waals surface area contributed by atoms with Crippen LogP contribution in [0.3, 0.4) is 0 Å². The molecule has 0 saturated carbocycles. The molecule has 1 aliphatic rings. The second-order valence-corrected chi connectivity index (χ2v) is 6.93. The molecule has 0 aliphatic carbocycles. The summed E-state index contributed by atoms with van der Waals surface area (Å²) in [5.74, 6) is -0.825. The molecule has 1 saturated heterocycles. The van der Waals surface area contributed by atoms with Crippen molar-refractivity contribution in [1.29, 1.82) is 0 Å². The van der Waals surface area contributed by atoms with Crippen LogP contribution in [-0.2, 0) is 16.1 Å². The van der Waals surface area contributed by atoms with Crippen LogP contribution in [0.5, 0.6) is 0 Å². The Morgan fingerprint density at radius 1 is 1.17 bits per heavy atom. The van der Waals surface area contributed by atoms with Crippen molar-refractivity contribution in [3.05, 3.63) is 71.0 Å². The topological polar surface area (TPSA) is 97.4 Å². The molecule has 4 rings (SSSR count). The number of nitrogens with zero attached hydrogens (tertiary/aromatic N) is 3. The Morgan fingerprint density at radius 2 is 1.97 bits per heavy atom. The van der Waals surface area contributed by atoms with Crippen LogP contribution in [0.25, 0.3) is 11.5 Å². The molecule has 3 aromatic rings. The van der Waals surface area contributed by atoms with Gasteiger partial charge < -0.3 is 14.6 Å². The molecular formula is C21H19FN4O4. The van der Waals surface area contributed by atoms with E-state index >= 15 is 0 Å². The average molecular weight is 410 g/mol. The van der Waals surface area contributed by atoms with E-state index in [9.17, 15) is 18.8 Å². The first-order valence-corrected chi connectivity index (χ1v) is 9.47. The highest BCUT2D eigenvalue weighted by atomic mass is 19.1. The summed E-state index contributed by atoms with van der Waals surface area (Å²) in [6.07, 6.45) is 1.60. The number of carbonyl (C=O) groups is 2. The summed E-state index contributed by atoms with van der Waals surface area (Å²) in [5.41, 5.74) is 0.780. The van der Waals surface area contributed by atoms with Gasteiger partial charge in [0.2, 0.25) is 11.8 Å². The number of rotatable bonds is 6. The molecule has 0 bridgehead atoms. The molecular weight excluding hydrogens is 391 g/mol. The van der Waals surface area contributed by atoms with Crippen LogP contribution in [0, 0.1) is 11.7 Å². The Kier molecular flexibility index (Phi) is 5.42. The Bertz CT molecular complexity index is 1110. The summed E-state index contributed by atoms with van der Waals surface area (Å²) in [7, 11) is 0. The molecule has 8 nitrogen and oxygen atoms in total. The molecule has 9 heteroatoms. The van der Waals surface area contributed by atoms with E-state index in [4.69, 9.17) is 4.42 Å². The highest BCUT2D eigenvalue weighted by Crippen LogP contribution is 2.25. The molecule has 1 N–H and O–H groups in total. The van der Waals surface area contributed by atoms with Gasteiger partial charge in [-0.05, 0) is 42.5 Å². The molecule has 30 heavy (non-hydrogen) atoms. The van der Waals surface area contributed by atoms with Crippen LogP contribution in [0.1, 0.15) is 6.42 Å². The minimum absolute atomic E-state index is 0.0788. The second kappa shape index (κ2) is 8.32. The maximum atomic E-state index is 13.1. The summed E-state index contributed by atoms with van der Waals surface area (Å²) in [5, 5.41) is 7.00. The minimum atomic E-state index is -0.512. The molecule has 0 spiro atoms. The summed E-state index contributed by atoms with van der Waals surface area (Å²) >= 11 is 0. The first-order valence-electron chi connectivity index (χ1n) is 9.47. The van der Waals surface area contributed by atoms with Crippen molar-refractivity contribution in [3.8, 4) is 11.5 Å². The number of furan rings is 1. The molecule has 1 unspecified atom stereocenters. The van der Waals surface area contributed by atoms with Gasteiger partial charge in [0.15, 0.2) is 5.76 Å². The van der Waals surface area contributed by atoms with E-state index in [1.807, 2.05) is 0 Å². The Balaban J connectivity index is 1.34. The molecule has 1 aromatic carbocycles. The van der Waals surface area contributed by atoms with Crippen LogP contribution in [0.4, 0.5) is 10.1 Å². The molecule has 1 fully saturated rings. The number of carbonyl (C=O) groups excluding carboxylic acids is 2. The van der Waals surface area contributed by atoms with Crippen molar-refractivity contribution in [2.45, 2.75) is 13.0 Å². The molecule has 3 heterocycles. The summed E-state index contributed by atoms with van der Waals surface area (Å²) in [6.45, 7) is 0.596. The van der Waals surface area contributed by atoms with Crippen molar-refractivity contribution in [3.63, 3.8) is 0 Å². The predicted molar refractivity (Wildman–Crippen MR) is 106 cm³/mol. The molecule has 1 aliphatic heterocycles. The SMILES string of the molecule is O=C(NCCn1nc(-c2ccco2)ccc1=O)C1CC(=O)N(c2ccc(F)cc2)C1. The van der Waals surface area contributed by atoms with Crippen molar-refractivity contribution in [2.75, 3.05) is 18.0 Å². The first-order chi connectivity index (χ1) is 14.5. The van der Waals surface area contributed by atoms with E-state index in [1.54, 1.807) is 18.2 Å². The van der Waals surface area contributed by atoms with Crippen LogP contribution in [-0.4, -0.2) is 34.7 Å². The molecule has 2 amide bonds. The van der Waals surface area contributed by atoms with E-state index in [0.29, 0.717) is 17.1 Å². The fourth-order valence-electron chi connectivity index (χ4n) is 3.35. The van der Waals surface area contributed by atoms with Crippen LogP contribution >= 0.6 is 0 Å². The van der Waals surface area contributed by atoms with Crippen molar-refractivity contribution >= 4 is 17.5 Å². The van der Waals surface area contributed by atoms with Gasteiger partial charge in [-0.1, -0.05) is 0 Å². The van der Waals surface area contributed by atoms with Gasteiger partial charge >= 0.3 is 0 Å². The molecule has 0 radical (unpaired) electrons. The fraction of sp³-hybridized carbons (Fsp3) is 0.238. The lowest BCUT2D eigenvalue weighted by atomic mass is 10.1. The van der Waals surface area contributed by atoms with E-state index in [2.05, 4.69) is 10.4 Å². The van der Waals surface area contributed by atoms with Gasteiger partial charge in [-0.3, -0.25) is 14.4 Å². The van der Waals surface area contributed by atoms with E-state index in [1.165, 1.54) is 46.2 Å². The lowest BCUT2D eigenvalue weighted by molar-refractivity contribution is -0.126. The lowest BCUT2D eigenvalue weighted by Gasteiger charge is -2.16.